The molecular weight excluding hydrogens is 436 g/mol. The third-order valence-electron chi connectivity index (χ3n) is 6.66. The summed E-state index contributed by atoms with van der Waals surface area (Å²) in [6.07, 6.45) is 0. The van der Waals surface area contributed by atoms with Crippen molar-refractivity contribution in [2.75, 3.05) is 10.2 Å². The molecule has 0 aliphatic carbocycles. The van der Waals surface area contributed by atoms with E-state index in [0.29, 0.717) is 11.3 Å². The van der Waals surface area contributed by atoms with Gasteiger partial charge in [0.15, 0.2) is 0 Å². The first kappa shape index (κ1) is 20.6. The average Bonchev–Trinajstić information content (AvgIpc) is 3.34. The number of rotatable bonds is 3. The molecule has 2 fully saturated rings. The summed E-state index contributed by atoms with van der Waals surface area (Å²) in [5.41, 5.74) is -0.521. The number of anilines is 2. The molecule has 3 aliphatic rings. The second kappa shape index (κ2) is 6.85. The molecule has 3 heterocycles. The van der Waals surface area contributed by atoms with Crippen molar-refractivity contribution in [1.82, 2.24) is 5.32 Å². The summed E-state index contributed by atoms with van der Waals surface area (Å²) in [6, 6.07) is 10.4. The molecule has 4 unspecified atom stereocenters. The zero-order chi connectivity index (χ0) is 22.9. The first-order valence-electron chi connectivity index (χ1n) is 10.2. The van der Waals surface area contributed by atoms with E-state index in [1.165, 1.54) is 12.1 Å². The molecule has 2 N–H and O–H groups in total. The highest BCUT2D eigenvalue weighted by Gasteiger charge is 2.71. The van der Waals surface area contributed by atoms with Gasteiger partial charge in [-0.25, -0.2) is 4.90 Å². The number of nitro benzene ring substituents is 1. The Morgan fingerprint density at radius 1 is 1.12 bits per heavy atom. The summed E-state index contributed by atoms with van der Waals surface area (Å²) in [6.45, 7) is 3.83. The van der Waals surface area contributed by atoms with Crippen molar-refractivity contribution >= 4 is 46.4 Å². The minimum atomic E-state index is -1.39. The molecule has 0 bridgehead atoms. The van der Waals surface area contributed by atoms with E-state index in [-0.39, 0.29) is 22.5 Å². The first-order chi connectivity index (χ1) is 15.2. The molecule has 0 aromatic heterocycles. The van der Waals surface area contributed by atoms with E-state index in [2.05, 4.69) is 10.6 Å². The SMILES string of the molecule is CC(C)C1NC2(C(=O)Nc3ccccc32)C2C(=O)N(c3ccc(Cl)c([N+](=O)[O-])c3)C(=O)C12. The molecule has 3 amide bonds. The van der Waals surface area contributed by atoms with Crippen LogP contribution in [0.15, 0.2) is 42.5 Å². The topological polar surface area (TPSA) is 122 Å². The van der Waals surface area contributed by atoms with Crippen molar-refractivity contribution in [1.29, 1.82) is 0 Å². The minimum absolute atomic E-state index is 0.0568. The van der Waals surface area contributed by atoms with E-state index in [1.54, 1.807) is 24.3 Å². The molecule has 4 atom stereocenters. The van der Waals surface area contributed by atoms with Crippen molar-refractivity contribution < 1.29 is 19.3 Å². The number of nitrogens with one attached hydrogen (secondary N) is 2. The van der Waals surface area contributed by atoms with Crippen molar-refractivity contribution in [3.63, 3.8) is 0 Å². The van der Waals surface area contributed by atoms with Crippen molar-refractivity contribution in [3.05, 3.63) is 63.2 Å². The third-order valence-corrected chi connectivity index (χ3v) is 6.98. The molecule has 2 aromatic carbocycles. The molecule has 5 rings (SSSR count). The summed E-state index contributed by atoms with van der Waals surface area (Å²) in [5.74, 6) is -3.29. The molecule has 10 heteroatoms. The normalized spacial score (nSPS) is 28.4. The number of carbonyl (C=O) groups excluding carboxylic acids is 3. The van der Waals surface area contributed by atoms with Crippen LogP contribution in [0.2, 0.25) is 5.02 Å². The summed E-state index contributed by atoms with van der Waals surface area (Å²) in [5, 5.41) is 17.4. The Hall–Kier alpha value is -3.30. The molecule has 164 valence electrons. The van der Waals surface area contributed by atoms with E-state index in [1.807, 2.05) is 13.8 Å². The zero-order valence-electron chi connectivity index (χ0n) is 17.2. The number of para-hydroxylation sites is 1. The molecule has 32 heavy (non-hydrogen) atoms. The van der Waals surface area contributed by atoms with Crippen LogP contribution in [0.25, 0.3) is 0 Å². The van der Waals surface area contributed by atoms with Gasteiger partial charge in [-0.1, -0.05) is 43.6 Å². The highest BCUT2D eigenvalue weighted by molar-refractivity contribution is 6.33. The van der Waals surface area contributed by atoms with Crippen LogP contribution in [0.3, 0.4) is 0 Å². The first-order valence-corrected chi connectivity index (χ1v) is 10.6. The summed E-state index contributed by atoms with van der Waals surface area (Å²) >= 11 is 5.91. The van der Waals surface area contributed by atoms with Crippen molar-refractivity contribution in [2.24, 2.45) is 17.8 Å². The fourth-order valence-electron chi connectivity index (χ4n) is 5.30. The standard InChI is InChI=1S/C22H19ClN4O5/c1-10(2)18-16-17(22(25-18)12-5-3-4-6-14(12)24-21(22)30)20(29)26(19(16)28)11-7-8-13(23)15(9-11)27(31)32/h3-10,16-18,25H,1-2H3,(H,24,30). The number of hydrogen-bond donors (Lipinski definition) is 2. The van der Waals surface area contributed by atoms with Gasteiger partial charge in [-0.05, 0) is 24.1 Å². The van der Waals surface area contributed by atoms with E-state index in [0.717, 1.165) is 11.0 Å². The van der Waals surface area contributed by atoms with Crippen molar-refractivity contribution in [2.45, 2.75) is 25.4 Å². The molecule has 3 aliphatic heterocycles. The van der Waals surface area contributed by atoms with Crippen LogP contribution >= 0.6 is 11.6 Å². The number of carbonyl (C=O) groups is 3. The van der Waals surface area contributed by atoms with Crippen LogP contribution in [-0.2, 0) is 19.9 Å². The van der Waals surface area contributed by atoms with Crippen LogP contribution < -0.4 is 15.5 Å². The van der Waals surface area contributed by atoms with Crippen LogP contribution in [0.4, 0.5) is 17.1 Å². The monoisotopic (exact) mass is 454 g/mol. The minimum Gasteiger partial charge on any atom is -0.324 e. The Morgan fingerprint density at radius 2 is 1.84 bits per heavy atom. The Labute approximate surface area is 187 Å². The van der Waals surface area contributed by atoms with Gasteiger partial charge in [0.1, 0.15) is 10.6 Å². The predicted molar refractivity (Wildman–Crippen MR) is 116 cm³/mol. The number of imide groups is 1. The van der Waals surface area contributed by atoms with E-state index in [4.69, 9.17) is 11.6 Å². The number of amides is 3. The van der Waals surface area contributed by atoms with E-state index in [9.17, 15) is 24.5 Å². The van der Waals surface area contributed by atoms with Gasteiger partial charge in [0.05, 0.1) is 22.4 Å². The quantitative estimate of drug-likeness (QED) is 0.418. The number of fused-ring (bicyclic) bond motifs is 4. The Balaban J connectivity index is 1.68. The van der Waals surface area contributed by atoms with E-state index < -0.39 is 45.8 Å². The van der Waals surface area contributed by atoms with Gasteiger partial charge in [-0.3, -0.25) is 29.8 Å². The predicted octanol–water partition coefficient (Wildman–Crippen LogP) is 2.83. The summed E-state index contributed by atoms with van der Waals surface area (Å²) in [4.78, 5) is 52.2. The molecule has 2 aromatic rings. The smallest absolute Gasteiger partial charge is 0.289 e. The number of nitro groups is 1. The van der Waals surface area contributed by atoms with Crippen LogP contribution in [0.1, 0.15) is 19.4 Å². The van der Waals surface area contributed by atoms with Gasteiger partial charge in [-0.15, -0.1) is 0 Å². The highest BCUT2D eigenvalue weighted by atomic mass is 35.5. The Kier molecular flexibility index (Phi) is 4.41. The third kappa shape index (κ3) is 2.52. The summed E-state index contributed by atoms with van der Waals surface area (Å²) < 4.78 is 0. The molecule has 0 radical (unpaired) electrons. The molecular formula is C22H19ClN4O5. The van der Waals surface area contributed by atoms with Crippen LogP contribution in [-0.4, -0.2) is 28.7 Å². The fraction of sp³-hybridized carbons (Fsp3) is 0.318. The lowest BCUT2D eigenvalue weighted by Gasteiger charge is -2.30. The van der Waals surface area contributed by atoms with Gasteiger partial charge in [0.25, 0.3) is 5.69 Å². The Morgan fingerprint density at radius 3 is 2.53 bits per heavy atom. The number of nitrogens with zero attached hydrogens (tertiary/aromatic N) is 2. The van der Waals surface area contributed by atoms with Gasteiger partial charge >= 0.3 is 0 Å². The molecule has 1 spiro atoms. The number of halogens is 1. The maximum absolute atomic E-state index is 13.7. The largest absolute Gasteiger partial charge is 0.324 e. The number of benzene rings is 2. The number of hydrogen-bond acceptors (Lipinski definition) is 6. The lowest BCUT2D eigenvalue weighted by molar-refractivity contribution is -0.384. The van der Waals surface area contributed by atoms with Crippen LogP contribution in [0.5, 0.6) is 0 Å². The second-order valence-electron chi connectivity index (χ2n) is 8.63. The van der Waals surface area contributed by atoms with Gasteiger partial charge < -0.3 is 5.32 Å². The van der Waals surface area contributed by atoms with Gasteiger partial charge in [-0.2, -0.15) is 0 Å². The molecule has 0 saturated carbocycles. The molecule has 9 nitrogen and oxygen atoms in total. The summed E-state index contributed by atoms with van der Waals surface area (Å²) in [7, 11) is 0. The second-order valence-corrected chi connectivity index (χ2v) is 9.04. The average molecular weight is 455 g/mol. The highest BCUT2D eigenvalue weighted by Crippen LogP contribution is 2.54. The van der Waals surface area contributed by atoms with Gasteiger partial charge in [0.2, 0.25) is 17.7 Å². The maximum atomic E-state index is 13.7. The fourth-order valence-corrected chi connectivity index (χ4v) is 5.48. The van der Waals surface area contributed by atoms with Crippen molar-refractivity contribution in [3.8, 4) is 0 Å². The zero-order valence-corrected chi connectivity index (χ0v) is 17.9. The maximum Gasteiger partial charge on any atom is 0.289 e. The lowest BCUT2D eigenvalue weighted by atomic mass is 9.76. The van der Waals surface area contributed by atoms with Crippen LogP contribution in [0, 0.1) is 27.9 Å². The lowest BCUT2D eigenvalue weighted by Crippen LogP contribution is -2.54. The molecule has 2 saturated heterocycles. The Bertz CT molecular complexity index is 1210. The van der Waals surface area contributed by atoms with Gasteiger partial charge in [0, 0.05) is 23.4 Å². The van der Waals surface area contributed by atoms with E-state index >= 15 is 0 Å².